The Kier molecular flexibility index (Phi) is 5.83. The van der Waals surface area contributed by atoms with E-state index in [0.29, 0.717) is 58.3 Å². The van der Waals surface area contributed by atoms with Gasteiger partial charge in [0, 0.05) is 61.8 Å². The molecular weight excluding hydrogens is 468 g/mol. The summed E-state index contributed by atoms with van der Waals surface area (Å²) < 4.78 is 37.8. The number of hydrazone groups is 1. The molecule has 4 heterocycles. The molecule has 0 amide bonds. The van der Waals surface area contributed by atoms with Gasteiger partial charge in [0.1, 0.15) is 34.5 Å². The van der Waals surface area contributed by atoms with Crippen LogP contribution in [0, 0.1) is 18.6 Å². The summed E-state index contributed by atoms with van der Waals surface area (Å²) in [6, 6.07) is 4.31. The number of benzene rings is 1. The Morgan fingerprint density at radius 2 is 2.11 bits per heavy atom. The third-order valence-corrected chi connectivity index (χ3v) is 6.19. The number of halogens is 2. The van der Waals surface area contributed by atoms with Crippen molar-refractivity contribution < 1.29 is 18.3 Å². The molecule has 1 aliphatic heterocycles. The number of nitrogens with one attached hydrogen (secondary N) is 1. The number of Topliss-reactive ketones (excluding diaryl/α,β-unsaturated/α-hetero) is 1. The highest BCUT2D eigenvalue weighted by atomic mass is 19.1. The van der Waals surface area contributed by atoms with Crippen LogP contribution >= 0.6 is 0 Å². The molecule has 0 atom stereocenters. The monoisotopic (exact) mass is 491 g/mol. The topological polar surface area (TPSA) is 98.2 Å². The third-order valence-electron chi connectivity index (χ3n) is 6.19. The zero-order valence-corrected chi connectivity index (χ0v) is 20.0. The van der Waals surface area contributed by atoms with E-state index in [9.17, 15) is 13.6 Å². The summed E-state index contributed by atoms with van der Waals surface area (Å²) in [5, 5.41) is 3.79. The number of nitrogens with zero attached hydrogens (tertiary/aromatic N) is 6. The van der Waals surface area contributed by atoms with Crippen molar-refractivity contribution >= 4 is 24.0 Å². The Bertz CT molecular complexity index is 1620. The van der Waals surface area contributed by atoms with Crippen molar-refractivity contribution in [1.82, 2.24) is 18.9 Å². The number of hydrogen-bond donors (Lipinski definition) is 1. The number of anilines is 1. The van der Waals surface area contributed by atoms with Gasteiger partial charge in [-0.1, -0.05) is 0 Å². The molecule has 0 unspecified atom stereocenters. The lowest BCUT2D eigenvalue weighted by Gasteiger charge is -2.15. The van der Waals surface area contributed by atoms with Crippen LogP contribution in [0.5, 0.6) is 5.75 Å². The van der Waals surface area contributed by atoms with Crippen LogP contribution in [-0.4, -0.2) is 38.0 Å². The van der Waals surface area contributed by atoms with Gasteiger partial charge in [-0.3, -0.25) is 19.2 Å². The van der Waals surface area contributed by atoms with Crippen LogP contribution in [0.3, 0.4) is 0 Å². The van der Waals surface area contributed by atoms with E-state index in [1.807, 2.05) is 0 Å². The fraction of sp³-hybridized carbons (Fsp3) is 0.240. The number of carbonyl (C=O) groups excluding carboxylic acids is 1. The van der Waals surface area contributed by atoms with Crippen LogP contribution in [0.1, 0.15) is 34.2 Å². The van der Waals surface area contributed by atoms with Gasteiger partial charge in [0.05, 0.1) is 18.8 Å². The lowest BCUT2D eigenvalue weighted by molar-refractivity contribution is 0.101. The van der Waals surface area contributed by atoms with Gasteiger partial charge in [-0.2, -0.15) is 5.10 Å². The van der Waals surface area contributed by atoms with E-state index in [2.05, 4.69) is 32.2 Å². The minimum atomic E-state index is -0.554. The molecule has 0 saturated carbocycles. The number of rotatable bonds is 6. The predicted octanol–water partition coefficient (Wildman–Crippen LogP) is 3.59. The Morgan fingerprint density at radius 1 is 1.31 bits per heavy atom. The molecule has 0 radical (unpaired) electrons. The van der Waals surface area contributed by atoms with Gasteiger partial charge in [0.25, 0.3) is 0 Å². The normalized spacial score (nSPS) is 13.1. The van der Waals surface area contributed by atoms with E-state index in [4.69, 9.17) is 4.74 Å². The smallest absolute Gasteiger partial charge is 0.226 e. The number of carbonyl (C=O) groups is 1. The zero-order chi connectivity index (χ0) is 25.6. The second-order valence-corrected chi connectivity index (χ2v) is 8.43. The van der Waals surface area contributed by atoms with Crippen LogP contribution in [-0.2, 0) is 20.0 Å². The van der Waals surface area contributed by atoms with Crippen molar-refractivity contribution in [2.45, 2.75) is 26.8 Å². The highest BCUT2D eigenvalue weighted by Gasteiger charge is 2.21. The molecule has 1 N–H and O–H groups in total. The number of ether oxygens (including phenoxy) is 1. The first-order chi connectivity index (χ1) is 17.3. The molecule has 1 aromatic carbocycles. The van der Waals surface area contributed by atoms with E-state index >= 15 is 0 Å². The Labute approximate surface area is 204 Å². The third kappa shape index (κ3) is 3.82. The lowest BCUT2D eigenvalue weighted by Crippen LogP contribution is -2.25. The molecule has 0 saturated heterocycles. The summed E-state index contributed by atoms with van der Waals surface area (Å²) in [4.78, 5) is 25.7. The number of ketones is 1. The predicted molar refractivity (Wildman–Crippen MR) is 130 cm³/mol. The second kappa shape index (κ2) is 8.99. The first-order valence-electron chi connectivity index (χ1n) is 11.2. The molecule has 0 spiro atoms. The van der Waals surface area contributed by atoms with E-state index < -0.39 is 5.82 Å². The minimum Gasteiger partial charge on any atom is -0.493 e. The summed E-state index contributed by atoms with van der Waals surface area (Å²) in [5.41, 5.74) is 6.41. The maximum Gasteiger partial charge on any atom is 0.226 e. The average molecular weight is 492 g/mol. The van der Waals surface area contributed by atoms with Gasteiger partial charge in [-0.25, -0.2) is 23.7 Å². The number of hydrogen-bond acceptors (Lipinski definition) is 7. The average Bonchev–Trinajstić information content (AvgIpc) is 3.44. The first-order valence-corrected chi connectivity index (χ1v) is 11.2. The Balaban J connectivity index is 1.66. The molecule has 9 nitrogen and oxygen atoms in total. The second-order valence-electron chi connectivity index (χ2n) is 8.43. The summed E-state index contributed by atoms with van der Waals surface area (Å²) in [6.45, 7) is 7.17. The van der Waals surface area contributed by atoms with Gasteiger partial charge in [0.15, 0.2) is 5.78 Å². The van der Waals surface area contributed by atoms with Crippen molar-refractivity contribution in [1.29, 1.82) is 0 Å². The van der Waals surface area contributed by atoms with Gasteiger partial charge < -0.3 is 4.74 Å². The molecule has 4 aromatic rings. The van der Waals surface area contributed by atoms with E-state index in [1.165, 1.54) is 35.9 Å². The molecular formula is C25H23F2N7O2. The van der Waals surface area contributed by atoms with Crippen molar-refractivity contribution in [3.63, 3.8) is 0 Å². The summed E-state index contributed by atoms with van der Waals surface area (Å²) in [6.07, 6.45) is 3.35. The number of pyridine rings is 1. The van der Waals surface area contributed by atoms with Gasteiger partial charge in [-0.05, 0) is 25.1 Å². The Hall–Kier alpha value is -4.41. The van der Waals surface area contributed by atoms with Gasteiger partial charge >= 0.3 is 0 Å². The number of imidazole rings is 1. The van der Waals surface area contributed by atoms with E-state index in [1.54, 1.807) is 24.6 Å². The largest absolute Gasteiger partial charge is 0.493 e. The number of aryl methyl sites for hydroxylation is 1. The van der Waals surface area contributed by atoms with Crippen LogP contribution in [0.15, 0.2) is 40.7 Å². The Morgan fingerprint density at radius 3 is 2.86 bits per heavy atom. The molecule has 36 heavy (non-hydrogen) atoms. The lowest BCUT2D eigenvalue weighted by atomic mass is 10.0. The fourth-order valence-electron chi connectivity index (χ4n) is 4.59. The molecule has 1 aliphatic rings. The summed E-state index contributed by atoms with van der Waals surface area (Å²) >= 11 is 0. The van der Waals surface area contributed by atoms with Crippen LogP contribution < -0.4 is 15.8 Å². The molecule has 0 aliphatic carbocycles. The quantitative estimate of drug-likeness (QED) is 0.253. The first kappa shape index (κ1) is 23.3. The zero-order valence-electron chi connectivity index (χ0n) is 20.0. The highest BCUT2D eigenvalue weighted by molar-refractivity contribution is 5.96. The standard InChI is InChI=1S/C25H23F2N7O2/c1-13-22(14(2)35)34-12-15(26)9-17(23(34)31-13)19-11-30-25(33(4)24(19)32-28-3)29-10-18-16-7-8-36-21(16)6-5-20(18)27/h5-6,9,11-12,32H,3,7-8,10H2,1-2,4H3. The molecule has 184 valence electrons. The SMILES string of the molecule is C=NNc1c(-c2cc(F)cn3c(C(C)=O)c(C)nc23)cnc(=NCc2c(F)ccc3c2CCO3)n1C. The maximum atomic E-state index is 14.7. The van der Waals surface area contributed by atoms with Gasteiger partial charge in [0.2, 0.25) is 5.62 Å². The minimum absolute atomic E-state index is 0.0607. The highest BCUT2D eigenvalue weighted by Crippen LogP contribution is 2.32. The van der Waals surface area contributed by atoms with Crippen molar-refractivity contribution in [3.8, 4) is 16.9 Å². The van der Waals surface area contributed by atoms with E-state index in [-0.39, 0.29) is 23.8 Å². The summed E-state index contributed by atoms with van der Waals surface area (Å²) in [7, 11) is 1.70. The molecule has 3 aromatic heterocycles. The molecule has 0 fully saturated rings. The van der Waals surface area contributed by atoms with Gasteiger partial charge in [-0.15, -0.1) is 0 Å². The van der Waals surface area contributed by atoms with Crippen molar-refractivity contribution in [2.75, 3.05) is 12.0 Å². The van der Waals surface area contributed by atoms with Crippen molar-refractivity contribution in [3.05, 3.63) is 70.4 Å². The molecule has 11 heteroatoms. The number of aromatic nitrogens is 4. The van der Waals surface area contributed by atoms with Crippen LogP contribution in [0.2, 0.25) is 0 Å². The van der Waals surface area contributed by atoms with Crippen LogP contribution in [0.4, 0.5) is 14.6 Å². The van der Waals surface area contributed by atoms with Crippen molar-refractivity contribution in [2.24, 2.45) is 17.1 Å². The summed E-state index contributed by atoms with van der Waals surface area (Å²) in [5.74, 6) is -0.0557. The maximum absolute atomic E-state index is 14.7. The van der Waals surface area contributed by atoms with E-state index in [0.717, 1.165) is 5.56 Å². The fourth-order valence-corrected chi connectivity index (χ4v) is 4.59. The number of fused-ring (bicyclic) bond motifs is 2. The molecule has 0 bridgehead atoms. The molecule has 5 rings (SSSR count). The van der Waals surface area contributed by atoms with Crippen LogP contribution in [0.25, 0.3) is 16.8 Å².